The standard InChI is InChI=1S/C36H29N3O4S/c40-34(39-32-17-6-4-10-25(32)19-20-26-11-5-7-18-33(26)39)24-44-30-16-8-14-28(22-30)37-36(42)31(23-29-15-9-21-43-29)38-35(41)27-12-2-1-3-13-27/h1-18,21-23H,19-20,24H2,(H,37,42)(H,38,41)/b31-23-. The monoisotopic (exact) mass is 599 g/mol. The average Bonchev–Trinajstić information content (AvgIpc) is 3.51. The summed E-state index contributed by atoms with van der Waals surface area (Å²) in [5, 5.41) is 5.56. The predicted octanol–water partition coefficient (Wildman–Crippen LogP) is 7.24. The number of fused-ring (bicyclic) bond motifs is 2. The number of carbonyl (C=O) groups excluding carboxylic acids is 3. The molecule has 3 amide bonds. The van der Waals surface area contributed by atoms with Gasteiger partial charge in [0.05, 0.1) is 23.4 Å². The summed E-state index contributed by atoms with van der Waals surface area (Å²) in [5.41, 5.74) is 5.09. The number of amides is 3. The summed E-state index contributed by atoms with van der Waals surface area (Å²) in [6.07, 6.45) is 4.71. The van der Waals surface area contributed by atoms with Gasteiger partial charge >= 0.3 is 0 Å². The molecule has 0 bridgehead atoms. The molecule has 0 spiro atoms. The molecule has 0 aliphatic carbocycles. The highest BCUT2D eigenvalue weighted by atomic mass is 32.2. The lowest BCUT2D eigenvalue weighted by Gasteiger charge is -2.25. The molecular weight excluding hydrogens is 570 g/mol. The first-order valence-electron chi connectivity index (χ1n) is 14.2. The van der Waals surface area contributed by atoms with Gasteiger partial charge < -0.3 is 15.1 Å². The molecule has 0 atom stereocenters. The molecule has 1 aliphatic rings. The van der Waals surface area contributed by atoms with Crippen LogP contribution in [0.5, 0.6) is 0 Å². The Hall–Kier alpha value is -5.34. The number of nitrogens with one attached hydrogen (secondary N) is 2. The molecule has 0 saturated heterocycles. The number of carbonyl (C=O) groups is 3. The Morgan fingerprint density at radius 1 is 0.773 bits per heavy atom. The molecule has 0 fully saturated rings. The molecule has 8 heteroatoms. The molecule has 2 heterocycles. The van der Waals surface area contributed by atoms with Crippen LogP contribution in [0.3, 0.4) is 0 Å². The molecule has 218 valence electrons. The summed E-state index contributed by atoms with van der Waals surface area (Å²) in [6, 6.07) is 35.4. The first kappa shape index (κ1) is 28.8. The number of aryl methyl sites for hydroxylation is 2. The van der Waals surface area contributed by atoms with E-state index in [9.17, 15) is 14.4 Å². The molecule has 4 aromatic carbocycles. The number of para-hydroxylation sites is 2. The van der Waals surface area contributed by atoms with Crippen molar-refractivity contribution in [2.75, 3.05) is 16.0 Å². The van der Waals surface area contributed by atoms with Crippen molar-refractivity contribution >= 4 is 52.6 Å². The quantitative estimate of drug-likeness (QED) is 0.145. The molecular formula is C36H29N3O4S. The Bertz CT molecular complexity index is 1790. The zero-order valence-electron chi connectivity index (χ0n) is 23.7. The van der Waals surface area contributed by atoms with Crippen molar-refractivity contribution in [2.24, 2.45) is 0 Å². The number of hydrogen-bond acceptors (Lipinski definition) is 5. The predicted molar refractivity (Wildman–Crippen MR) is 174 cm³/mol. The number of nitrogens with zero attached hydrogens (tertiary/aromatic N) is 1. The SMILES string of the molecule is O=C(Nc1cccc(SCC(=O)N2c3ccccc3CCc3ccccc32)c1)/C(=C/c1ccco1)NC(=O)c1ccccc1. The van der Waals surface area contributed by atoms with E-state index >= 15 is 0 Å². The van der Waals surface area contributed by atoms with Crippen LogP contribution in [0.25, 0.3) is 6.08 Å². The lowest BCUT2D eigenvalue weighted by Crippen LogP contribution is -2.30. The normalized spacial score (nSPS) is 12.5. The fourth-order valence-electron chi connectivity index (χ4n) is 5.08. The molecule has 0 radical (unpaired) electrons. The van der Waals surface area contributed by atoms with Crippen molar-refractivity contribution in [3.8, 4) is 0 Å². The summed E-state index contributed by atoms with van der Waals surface area (Å²) in [7, 11) is 0. The minimum Gasteiger partial charge on any atom is -0.465 e. The van der Waals surface area contributed by atoms with E-state index < -0.39 is 11.8 Å². The number of thioether (sulfide) groups is 1. The third-order valence-corrected chi connectivity index (χ3v) is 8.17. The fraction of sp³-hybridized carbons (Fsp3) is 0.0833. The third kappa shape index (κ3) is 6.66. The lowest BCUT2D eigenvalue weighted by atomic mass is 10.0. The molecule has 0 unspecified atom stereocenters. The Morgan fingerprint density at radius 3 is 2.14 bits per heavy atom. The van der Waals surface area contributed by atoms with E-state index in [1.807, 2.05) is 65.6 Å². The van der Waals surface area contributed by atoms with Crippen LogP contribution in [-0.4, -0.2) is 23.5 Å². The van der Waals surface area contributed by atoms with Gasteiger partial charge in [0.25, 0.3) is 11.8 Å². The Balaban J connectivity index is 1.17. The van der Waals surface area contributed by atoms with Crippen LogP contribution in [-0.2, 0) is 22.4 Å². The van der Waals surface area contributed by atoms with Crippen LogP contribution >= 0.6 is 11.8 Å². The van der Waals surface area contributed by atoms with Crippen LogP contribution in [0.4, 0.5) is 17.1 Å². The maximum Gasteiger partial charge on any atom is 0.272 e. The van der Waals surface area contributed by atoms with Gasteiger partial charge in [0.1, 0.15) is 11.5 Å². The van der Waals surface area contributed by atoms with Crippen LogP contribution in [0.1, 0.15) is 27.2 Å². The van der Waals surface area contributed by atoms with Gasteiger partial charge in [-0.3, -0.25) is 19.3 Å². The highest BCUT2D eigenvalue weighted by Gasteiger charge is 2.25. The summed E-state index contributed by atoms with van der Waals surface area (Å²) >= 11 is 1.40. The molecule has 7 nitrogen and oxygen atoms in total. The van der Waals surface area contributed by atoms with Crippen molar-refractivity contribution < 1.29 is 18.8 Å². The second kappa shape index (κ2) is 13.3. The maximum absolute atomic E-state index is 13.8. The van der Waals surface area contributed by atoms with Gasteiger partial charge in [0, 0.05) is 22.2 Å². The van der Waals surface area contributed by atoms with E-state index in [1.165, 1.54) is 24.1 Å². The Morgan fingerprint density at radius 2 is 1.45 bits per heavy atom. The fourth-order valence-corrected chi connectivity index (χ4v) is 5.88. The number of anilines is 3. The number of rotatable bonds is 8. The summed E-state index contributed by atoms with van der Waals surface area (Å²) in [4.78, 5) is 42.6. The first-order valence-corrected chi connectivity index (χ1v) is 15.2. The molecule has 6 rings (SSSR count). The van der Waals surface area contributed by atoms with E-state index in [-0.39, 0.29) is 17.4 Å². The van der Waals surface area contributed by atoms with E-state index in [0.29, 0.717) is 17.0 Å². The number of hydrogen-bond donors (Lipinski definition) is 2. The van der Waals surface area contributed by atoms with Crippen molar-refractivity contribution in [1.29, 1.82) is 0 Å². The highest BCUT2D eigenvalue weighted by molar-refractivity contribution is 8.00. The minimum absolute atomic E-state index is 0.0283. The van der Waals surface area contributed by atoms with Crippen molar-refractivity contribution in [3.63, 3.8) is 0 Å². The van der Waals surface area contributed by atoms with Gasteiger partial charge in [-0.05, 0) is 78.6 Å². The smallest absolute Gasteiger partial charge is 0.272 e. The van der Waals surface area contributed by atoms with Crippen molar-refractivity contribution in [3.05, 3.63) is 150 Å². The maximum atomic E-state index is 13.8. The van der Waals surface area contributed by atoms with Gasteiger partial charge in [-0.2, -0.15) is 0 Å². The van der Waals surface area contributed by atoms with Gasteiger partial charge in [0.15, 0.2) is 0 Å². The van der Waals surface area contributed by atoms with Crippen molar-refractivity contribution in [2.45, 2.75) is 17.7 Å². The number of benzene rings is 4. The summed E-state index contributed by atoms with van der Waals surface area (Å²) in [5.74, 6) is -0.335. The first-order chi connectivity index (χ1) is 21.5. The zero-order valence-corrected chi connectivity index (χ0v) is 24.6. The molecule has 5 aromatic rings. The number of furan rings is 1. The average molecular weight is 600 g/mol. The second-order valence-electron chi connectivity index (χ2n) is 10.2. The topological polar surface area (TPSA) is 91.7 Å². The van der Waals surface area contributed by atoms with Gasteiger partial charge in [0.2, 0.25) is 5.91 Å². The highest BCUT2D eigenvalue weighted by Crippen LogP contribution is 2.37. The molecule has 1 aliphatic heterocycles. The summed E-state index contributed by atoms with van der Waals surface area (Å²) < 4.78 is 5.38. The molecule has 1 aromatic heterocycles. The molecule has 44 heavy (non-hydrogen) atoms. The Labute approximate surface area is 259 Å². The van der Waals surface area contributed by atoms with Crippen molar-refractivity contribution in [1.82, 2.24) is 5.32 Å². The van der Waals surface area contributed by atoms with E-state index in [2.05, 4.69) is 22.8 Å². The van der Waals surface area contributed by atoms with E-state index in [1.54, 1.807) is 42.5 Å². The van der Waals surface area contributed by atoms with Gasteiger partial charge in [-0.1, -0.05) is 60.7 Å². The van der Waals surface area contributed by atoms with Gasteiger partial charge in [-0.15, -0.1) is 11.8 Å². The van der Waals surface area contributed by atoms with Gasteiger partial charge in [-0.25, -0.2) is 0 Å². The summed E-state index contributed by atoms with van der Waals surface area (Å²) in [6.45, 7) is 0. The Kier molecular flexibility index (Phi) is 8.70. The lowest BCUT2D eigenvalue weighted by molar-refractivity contribution is -0.115. The van der Waals surface area contributed by atoms with Crippen LogP contribution in [0.15, 0.2) is 137 Å². The van der Waals surface area contributed by atoms with Crippen LogP contribution < -0.4 is 15.5 Å². The van der Waals surface area contributed by atoms with Crippen LogP contribution in [0.2, 0.25) is 0 Å². The minimum atomic E-state index is -0.512. The molecule has 2 N–H and O–H groups in total. The largest absolute Gasteiger partial charge is 0.465 e. The van der Waals surface area contributed by atoms with E-state index in [4.69, 9.17) is 4.42 Å². The third-order valence-electron chi connectivity index (χ3n) is 7.19. The van der Waals surface area contributed by atoms with Crippen LogP contribution in [0, 0.1) is 0 Å². The molecule has 0 saturated carbocycles. The van der Waals surface area contributed by atoms with E-state index in [0.717, 1.165) is 40.2 Å². The zero-order chi connectivity index (χ0) is 30.3. The second-order valence-corrected chi connectivity index (χ2v) is 11.2.